The molecule has 2 unspecified atom stereocenters. The van der Waals surface area contributed by atoms with E-state index in [4.69, 9.17) is 33.7 Å². The third-order valence-corrected chi connectivity index (χ3v) is 3.57. The number of benzene rings is 2. The molecule has 0 aliphatic rings. The highest BCUT2D eigenvalue weighted by Gasteiger charge is 2.21. The van der Waals surface area contributed by atoms with E-state index < -0.39 is 6.10 Å². The fourth-order valence-electron chi connectivity index (χ4n) is 2.04. The molecule has 0 aromatic heterocycles. The van der Waals surface area contributed by atoms with E-state index in [1.165, 1.54) is 12.1 Å². The molecule has 0 saturated heterocycles. The smallest absolute Gasteiger partial charge is 0.139 e. The quantitative estimate of drug-likeness (QED) is 0.839. The maximum atomic E-state index is 13.4. The van der Waals surface area contributed by atoms with Crippen LogP contribution in [-0.2, 0) is 0 Å². The summed E-state index contributed by atoms with van der Waals surface area (Å²) in [6.07, 6.45) is 0.218. The molecule has 0 spiro atoms. The first kappa shape index (κ1) is 16.1. The molecule has 2 aromatic rings. The molecule has 0 fully saturated rings. The van der Waals surface area contributed by atoms with Crippen LogP contribution in [0.3, 0.4) is 0 Å². The minimum Gasteiger partial charge on any atom is -0.484 e. The largest absolute Gasteiger partial charge is 0.484 e. The van der Waals surface area contributed by atoms with Gasteiger partial charge in [-0.05, 0) is 42.3 Å². The third-order valence-electron chi connectivity index (χ3n) is 3.14. The van der Waals surface area contributed by atoms with Gasteiger partial charge < -0.3 is 10.5 Å². The Hall–Kier alpha value is -1.29. The Balaban J connectivity index is 2.32. The van der Waals surface area contributed by atoms with Crippen LogP contribution in [-0.4, -0.2) is 6.04 Å². The molecule has 0 heterocycles. The van der Waals surface area contributed by atoms with E-state index >= 15 is 0 Å². The maximum Gasteiger partial charge on any atom is 0.139 e. The van der Waals surface area contributed by atoms with Crippen molar-refractivity contribution < 1.29 is 9.13 Å². The highest BCUT2D eigenvalue weighted by Crippen LogP contribution is 2.30. The maximum absolute atomic E-state index is 13.4. The average molecular weight is 328 g/mol. The van der Waals surface area contributed by atoms with Gasteiger partial charge in [0.05, 0.1) is 0 Å². The monoisotopic (exact) mass is 327 g/mol. The molecule has 0 aliphatic carbocycles. The van der Waals surface area contributed by atoms with Gasteiger partial charge in [-0.25, -0.2) is 4.39 Å². The van der Waals surface area contributed by atoms with Crippen molar-refractivity contribution in [1.29, 1.82) is 0 Å². The van der Waals surface area contributed by atoms with Crippen LogP contribution in [0.2, 0.25) is 10.0 Å². The van der Waals surface area contributed by atoms with Crippen molar-refractivity contribution in [2.75, 3.05) is 0 Å². The number of hydrogen-bond donors (Lipinski definition) is 1. The van der Waals surface area contributed by atoms with Crippen molar-refractivity contribution in [3.05, 3.63) is 63.9 Å². The zero-order chi connectivity index (χ0) is 15.4. The van der Waals surface area contributed by atoms with Crippen LogP contribution in [0.25, 0.3) is 0 Å². The van der Waals surface area contributed by atoms with Crippen LogP contribution in [0.15, 0.2) is 42.5 Å². The highest BCUT2D eigenvalue weighted by atomic mass is 35.5. The van der Waals surface area contributed by atoms with E-state index in [9.17, 15) is 4.39 Å². The van der Waals surface area contributed by atoms with Gasteiger partial charge in [-0.1, -0.05) is 42.3 Å². The molecule has 2 nitrogen and oxygen atoms in total. The molecule has 0 bridgehead atoms. The van der Waals surface area contributed by atoms with Crippen molar-refractivity contribution in [2.45, 2.75) is 25.5 Å². The van der Waals surface area contributed by atoms with Crippen LogP contribution < -0.4 is 10.5 Å². The number of rotatable bonds is 5. The second kappa shape index (κ2) is 7.12. The fraction of sp³-hybridized carbons (Fsp3) is 0.250. The lowest BCUT2D eigenvalue weighted by Crippen LogP contribution is -2.31. The summed E-state index contributed by atoms with van der Waals surface area (Å²) in [6, 6.07) is 10.9. The standard InChI is InChI=1S/C16H16Cl2FNO/c1-2-15(20)16(10-4-3-5-13(19)6-10)21-14-8-11(17)7-12(18)9-14/h3-9,15-16H,2,20H2,1H3. The molecule has 112 valence electrons. The van der Waals surface area contributed by atoms with E-state index in [0.717, 1.165) is 0 Å². The first-order chi connectivity index (χ1) is 9.99. The van der Waals surface area contributed by atoms with Crippen LogP contribution in [0.1, 0.15) is 25.0 Å². The molecule has 0 radical (unpaired) electrons. The first-order valence-electron chi connectivity index (χ1n) is 6.63. The van der Waals surface area contributed by atoms with Gasteiger partial charge in [0.25, 0.3) is 0 Å². The van der Waals surface area contributed by atoms with Crippen LogP contribution in [0, 0.1) is 5.82 Å². The third kappa shape index (κ3) is 4.34. The Labute approximate surface area is 133 Å². The molecular weight excluding hydrogens is 312 g/mol. The van der Waals surface area contributed by atoms with Crippen molar-refractivity contribution in [3.8, 4) is 5.75 Å². The van der Waals surface area contributed by atoms with Gasteiger partial charge in [0, 0.05) is 16.1 Å². The summed E-state index contributed by atoms with van der Waals surface area (Å²) >= 11 is 11.9. The van der Waals surface area contributed by atoms with Crippen molar-refractivity contribution in [1.82, 2.24) is 0 Å². The first-order valence-corrected chi connectivity index (χ1v) is 7.39. The molecule has 2 rings (SSSR count). The SMILES string of the molecule is CCC(N)C(Oc1cc(Cl)cc(Cl)c1)c1cccc(F)c1. The van der Waals surface area contributed by atoms with Crippen LogP contribution in [0.4, 0.5) is 4.39 Å². The zero-order valence-electron chi connectivity index (χ0n) is 11.5. The number of ether oxygens (including phenoxy) is 1. The molecule has 2 aromatic carbocycles. The molecule has 0 amide bonds. The minimum absolute atomic E-state index is 0.274. The van der Waals surface area contributed by atoms with Gasteiger partial charge in [0.1, 0.15) is 17.7 Å². The lowest BCUT2D eigenvalue weighted by molar-refractivity contribution is 0.170. The van der Waals surface area contributed by atoms with Gasteiger partial charge in [0.15, 0.2) is 0 Å². The number of nitrogens with two attached hydrogens (primary N) is 1. The fourth-order valence-corrected chi connectivity index (χ4v) is 2.55. The Morgan fingerprint density at radius 3 is 2.38 bits per heavy atom. The Bertz CT molecular complexity index is 601. The van der Waals surface area contributed by atoms with E-state index in [0.29, 0.717) is 27.8 Å². The molecule has 2 atom stereocenters. The van der Waals surface area contributed by atoms with Crippen molar-refractivity contribution in [2.24, 2.45) is 5.73 Å². The summed E-state index contributed by atoms with van der Waals surface area (Å²) in [5.41, 5.74) is 6.79. The second-order valence-electron chi connectivity index (χ2n) is 4.77. The average Bonchev–Trinajstić information content (AvgIpc) is 2.43. The molecule has 2 N–H and O–H groups in total. The summed E-state index contributed by atoms with van der Waals surface area (Å²) in [5, 5.41) is 0.945. The summed E-state index contributed by atoms with van der Waals surface area (Å²) in [7, 11) is 0. The van der Waals surface area contributed by atoms with E-state index in [1.54, 1.807) is 30.3 Å². The predicted octanol–water partition coefficient (Wildman–Crippen LogP) is 4.99. The molecule has 0 aliphatic heterocycles. The van der Waals surface area contributed by atoms with Gasteiger partial charge in [-0.2, -0.15) is 0 Å². The normalized spacial score (nSPS) is 13.8. The lowest BCUT2D eigenvalue weighted by Gasteiger charge is -2.25. The molecular formula is C16H16Cl2FNO. The molecule has 5 heteroatoms. The highest BCUT2D eigenvalue weighted by molar-refractivity contribution is 6.34. The number of halogens is 3. The Kier molecular flexibility index (Phi) is 5.45. The summed E-state index contributed by atoms with van der Waals surface area (Å²) in [4.78, 5) is 0. The van der Waals surface area contributed by atoms with E-state index in [2.05, 4.69) is 0 Å². The summed E-state index contributed by atoms with van der Waals surface area (Å²) < 4.78 is 19.3. The van der Waals surface area contributed by atoms with E-state index in [1.807, 2.05) is 6.92 Å². The zero-order valence-corrected chi connectivity index (χ0v) is 13.0. The summed E-state index contributed by atoms with van der Waals surface area (Å²) in [5.74, 6) is 0.180. The van der Waals surface area contributed by atoms with Gasteiger partial charge in [-0.15, -0.1) is 0 Å². The van der Waals surface area contributed by atoms with Gasteiger partial charge in [0.2, 0.25) is 0 Å². The van der Waals surface area contributed by atoms with Gasteiger partial charge >= 0.3 is 0 Å². The predicted molar refractivity (Wildman–Crippen MR) is 84.5 cm³/mol. The van der Waals surface area contributed by atoms with Crippen molar-refractivity contribution in [3.63, 3.8) is 0 Å². The second-order valence-corrected chi connectivity index (χ2v) is 5.64. The Morgan fingerprint density at radius 2 is 1.81 bits per heavy atom. The summed E-state index contributed by atoms with van der Waals surface area (Å²) in [6.45, 7) is 1.95. The molecule has 0 saturated carbocycles. The van der Waals surface area contributed by atoms with Crippen molar-refractivity contribution >= 4 is 23.2 Å². The topological polar surface area (TPSA) is 35.2 Å². The Morgan fingerprint density at radius 1 is 1.14 bits per heavy atom. The van der Waals surface area contributed by atoms with Crippen LogP contribution in [0.5, 0.6) is 5.75 Å². The van der Waals surface area contributed by atoms with Gasteiger partial charge in [-0.3, -0.25) is 0 Å². The minimum atomic E-state index is -0.472. The van der Waals surface area contributed by atoms with E-state index in [-0.39, 0.29) is 11.9 Å². The number of hydrogen-bond acceptors (Lipinski definition) is 2. The molecule has 21 heavy (non-hydrogen) atoms. The lowest BCUT2D eigenvalue weighted by atomic mass is 10.0. The van der Waals surface area contributed by atoms with Crippen LogP contribution >= 0.6 is 23.2 Å².